The van der Waals surface area contributed by atoms with Gasteiger partial charge < -0.3 is 5.73 Å². The van der Waals surface area contributed by atoms with E-state index in [0.717, 1.165) is 27.9 Å². The lowest BCUT2D eigenvalue weighted by atomic mass is 9.98. The molecule has 0 saturated carbocycles. The molecule has 1 heterocycles. The zero-order valence-corrected chi connectivity index (χ0v) is 13.6. The zero-order chi connectivity index (χ0) is 16.9. The van der Waals surface area contributed by atoms with Crippen molar-refractivity contribution in [3.05, 3.63) is 66.5 Å². The van der Waals surface area contributed by atoms with Crippen LogP contribution >= 0.6 is 0 Å². The minimum Gasteiger partial charge on any atom is -0.382 e. The van der Waals surface area contributed by atoms with Crippen LogP contribution in [-0.2, 0) is 17.4 Å². The molecule has 0 radical (unpaired) electrons. The molecule has 0 atom stereocenters. The van der Waals surface area contributed by atoms with E-state index in [0.29, 0.717) is 5.82 Å². The summed E-state index contributed by atoms with van der Waals surface area (Å²) >= 11 is 0. The smallest absolute Gasteiger partial charge is 0.201 e. The number of hydrogen-bond donors (Lipinski definition) is 3. The molecule has 7 heteroatoms. The second-order valence-corrected chi connectivity index (χ2v) is 5.98. The standard InChI is InChI=1S/C17H16N4O2S/c18-17-11-19-16(10-20-17)13-7-5-12(6-8-13)15-4-2-1-3-14(15)9-21-24(22)23/h1-8,10-11,24H,9H2,(H2,18,20)(H,21,22,23). The van der Waals surface area contributed by atoms with Crippen molar-refractivity contribution in [3.8, 4) is 22.4 Å². The second kappa shape index (κ2) is 7.20. The average molecular weight is 340 g/mol. The molecule has 0 aliphatic rings. The number of nitrogen functional groups attached to an aromatic ring is 1. The maximum absolute atomic E-state index is 10.8. The molecule has 0 amide bonds. The monoisotopic (exact) mass is 340 g/mol. The fourth-order valence-electron chi connectivity index (χ4n) is 2.41. The summed E-state index contributed by atoms with van der Waals surface area (Å²) in [6, 6.07) is 15.5. The van der Waals surface area contributed by atoms with Gasteiger partial charge in [0, 0.05) is 12.1 Å². The normalized spacial score (nSPS) is 10.9. The van der Waals surface area contributed by atoms with E-state index < -0.39 is 10.9 Å². The largest absolute Gasteiger partial charge is 0.382 e. The maximum Gasteiger partial charge on any atom is 0.201 e. The molecular formula is C17H16N4O2S. The highest BCUT2D eigenvalue weighted by molar-refractivity contribution is 7.70. The Morgan fingerprint density at radius 2 is 1.62 bits per heavy atom. The Morgan fingerprint density at radius 3 is 2.29 bits per heavy atom. The summed E-state index contributed by atoms with van der Waals surface area (Å²) in [6.07, 6.45) is 3.15. The van der Waals surface area contributed by atoms with Crippen molar-refractivity contribution in [1.82, 2.24) is 14.7 Å². The van der Waals surface area contributed by atoms with Crippen molar-refractivity contribution in [1.29, 1.82) is 0 Å². The number of rotatable bonds is 5. The van der Waals surface area contributed by atoms with Crippen molar-refractivity contribution in [3.63, 3.8) is 0 Å². The average Bonchev–Trinajstić information content (AvgIpc) is 2.61. The number of anilines is 1. The molecule has 0 spiro atoms. The van der Waals surface area contributed by atoms with Crippen LogP contribution in [0.1, 0.15) is 5.56 Å². The van der Waals surface area contributed by atoms with E-state index in [9.17, 15) is 8.42 Å². The molecule has 3 rings (SSSR count). The summed E-state index contributed by atoms with van der Waals surface area (Å²) in [5.41, 5.74) is 10.1. The Morgan fingerprint density at radius 1 is 0.917 bits per heavy atom. The number of hydrogen-bond acceptors (Lipinski definition) is 5. The molecule has 0 aliphatic heterocycles. The van der Waals surface area contributed by atoms with Crippen LogP contribution in [0.3, 0.4) is 0 Å². The highest BCUT2D eigenvalue weighted by Crippen LogP contribution is 2.26. The lowest BCUT2D eigenvalue weighted by molar-refractivity contribution is 0.601. The summed E-state index contributed by atoms with van der Waals surface area (Å²) in [5, 5.41) is 0. The van der Waals surface area contributed by atoms with Crippen LogP contribution in [0.5, 0.6) is 0 Å². The van der Waals surface area contributed by atoms with Crippen LogP contribution < -0.4 is 10.5 Å². The van der Waals surface area contributed by atoms with E-state index in [2.05, 4.69) is 14.7 Å². The Labute approximate surface area is 141 Å². The topological polar surface area (TPSA) is 98.0 Å². The molecule has 2 aromatic carbocycles. The number of thiol groups is 1. The van der Waals surface area contributed by atoms with Gasteiger partial charge in [-0.05, 0) is 16.7 Å². The van der Waals surface area contributed by atoms with Gasteiger partial charge in [0.15, 0.2) is 0 Å². The highest BCUT2D eigenvalue weighted by atomic mass is 32.2. The fourth-order valence-corrected chi connectivity index (χ4v) is 2.71. The quantitative estimate of drug-likeness (QED) is 0.617. The molecular weight excluding hydrogens is 324 g/mol. The number of nitrogens with one attached hydrogen (secondary N) is 1. The Kier molecular flexibility index (Phi) is 4.83. The first-order valence-electron chi connectivity index (χ1n) is 7.27. The lowest BCUT2D eigenvalue weighted by Crippen LogP contribution is -2.10. The highest BCUT2D eigenvalue weighted by Gasteiger charge is 2.06. The van der Waals surface area contributed by atoms with Gasteiger partial charge in [0.05, 0.1) is 18.1 Å². The molecule has 24 heavy (non-hydrogen) atoms. The number of benzene rings is 2. The van der Waals surface area contributed by atoms with Gasteiger partial charge in [0.25, 0.3) is 0 Å². The van der Waals surface area contributed by atoms with Crippen LogP contribution in [0.15, 0.2) is 60.9 Å². The van der Waals surface area contributed by atoms with Gasteiger partial charge in [-0.15, -0.1) is 0 Å². The fraction of sp³-hybridized carbons (Fsp3) is 0.0588. The summed E-state index contributed by atoms with van der Waals surface area (Å²) in [5.74, 6) is 0.383. The molecule has 3 aromatic rings. The molecule has 6 nitrogen and oxygen atoms in total. The zero-order valence-electron chi connectivity index (χ0n) is 12.7. The van der Waals surface area contributed by atoms with E-state index in [4.69, 9.17) is 5.73 Å². The molecule has 0 aliphatic carbocycles. The summed E-state index contributed by atoms with van der Waals surface area (Å²) in [4.78, 5) is 8.29. The summed E-state index contributed by atoms with van der Waals surface area (Å²) < 4.78 is 23.9. The van der Waals surface area contributed by atoms with Gasteiger partial charge in [-0.25, -0.2) is 18.1 Å². The van der Waals surface area contributed by atoms with Gasteiger partial charge >= 0.3 is 0 Å². The lowest BCUT2D eigenvalue weighted by Gasteiger charge is -2.10. The SMILES string of the molecule is Nc1cnc(-c2ccc(-c3ccccc3CN[SH](=O)=O)cc2)cn1. The van der Waals surface area contributed by atoms with Crippen LogP contribution in [0.25, 0.3) is 22.4 Å². The minimum absolute atomic E-state index is 0.264. The molecule has 0 unspecified atom stereocenters. The van der Waals surface area contributed by atoms with Crippen LogP contribution in [-0.4, -0.2) is 18.4 Å². The van der Waals surface area contributed by atoms with Crippen molar-refractivity contribution >= 4 is 16.7 Å². The Hall–Kier alpha value is -2.77. The van der Waals surface area contributed by atoms with Gasteiger partial charge in [0.2, 0.25) is 10.9 Å². The molecule has 1 aromatic heterocycles. The first-order valence-corrected chi connectivity index (χ1v) is 8.45. The van der Waals surface area contributed by atoms with Crippen LogP contribution in [0.4, 0.5) is 5.82 Å². The van der Waals surface area contributed by atoms with Crippen molar-refractivity contribution in [2.24, 2.45) is 0 Å². The van der Waals surface area contributed by atoms with Crippen molar-refractivity contribution in [2.75, 3.05) is 5.73 Å². The van der Waals surface area contributed by atoms with Gasteiger partial charge in [0.1, 0.15) is 5.82 Å². The van der Waals surface area contributed by atoms with E-state index in [-0.39, 0.29) is 6.54 Å². The minimum atomic E-state index is -2.62. The van der Waals surface area contributed by atoms with Gasteiger partial charge in [-0.3, -0.25) is 4.98 Å². The first-order chi connectivity index (χ1) is 11.6. The van der Waals surface area contributed by atoms with E-state index in [1.165, 1.54) is 6.20 Å². The van der Waals surface area contributed by atoms with Gasteiger partial charge in [-0.1, -0.05) is 48.5 Å². The van der Waals surface area contributed by atoms with E-state index >= 15 is 0 Å². The Bertz CT molecular complexity index is 899. The van der Waals surface area contributed by atoms with Crippen LogP contribution in [0, 0.1) is 0 Å². The summed E-state index contributed by atoms with van der Waals surface area (Å²) in [6.45, 7) is 0.264. The molecule has 122 valence electrons. The maximum atomic E-state index is 10.8. The number of aromatic nitrogens is 2. The third-order valence-electron chi connectivity index (χ3n) is 3.58. The third kappa shape index (κ3) is 3.76. The predicted molar refractivity (Wildman–Crippen MR) is 94.5 cm³/mol. The third-order valence-corrected chi connectivity index (χ3v) is 4.00. The van der Waals surface area contributed by atoms with Gasteiger partial charge in [-0.2, -0.15) is 0 Å². The predicted octanol–water partition coefficient (Wildman–Crippen LogP) is 2.01. The molecule has 0 saturated heterocycles. The molecule has 0 fully saturated rings. The number of nitrogens with zero attached hydrogens (tertiary/aromatic N) is 2. The first kappa shape index (κ1) is 16.1. The molecule has 3 N–H and O–H groups in total. The Balaban J connectivity index is 1.89. The van der Waals surface area contributed by atoms with E-state index in [1.54, 1.807) is 6.20 Å². The van der Waals surface area contributed by atoms with Crippen molar-refractivity contribution < 1.29 is 8.42 Å². The van der Waals surface area contributed by atoms with Crippen LogP contribution in [0.2, 0.25) is 0 Å². The van der Waals surface area contributed by atoms with Crippen molar-refractivity contribution in [2.45, 2.75) is 6.54 Å². The summed E-state index contributed by atoms with van der Waals surface area (Å²) in [7, 11) is -2.62. The molecule has 0 bridgehead atoms. The number of nitrogens with two attached hydrogens (primary N) is 1. The second-order valence-electron chi connectivity index (χ2n) is 5.15. The van der Waals surface area contributed by atoms with E-state index in [1.807, 2.05) is 48.5 Å².